The monoisotopic (exact) mass is 270 g/mol. The van der Waals surface area contributed by atoms with Crippen LogP contribution in [0.5, 0.6) is 0 Å². The molecule has 3 rings (SSSR count). The maximum atomic E-state index is 11.3. The quantitative estimate of drug-likeness (QED) is 0.674. The van der Waals surface area contributed by atoms with E-state index in [1.54, 1.807) is 24.7 Å². The largest absolute Gasteiger partial charge is 0.463 e. The van der Waals surface area contributed by atoms with Crippen LogP contribution in [-0.4, -0.2) is 33.1 Å². The first-order chi connectivity index (χ1) is 9.78. The maximum absolute atomic E-state index is 11.3. The average molecular weight is 270 g/mol. The van der Waals surface area contributed by atoms with Crippen molar-refractivity contribution < 1.29 is 13.9 Å². The SMILES string of the molecule is COC(=O)c1ccc(-n2cc(-c3cccnc3)nn2)o1. The van der Waals surface area contributed by atoms with Crippen molar-refractivity contribution in [2.75, 3.05) is 7.11 Å². The lowest BCUT2D eigenvalue weighted by molar-refractivity contribution is 0.0564. The van der Waals surface area contributed by atoms with Gasteiger partial charge in [0.2, 0.25) is 11.6 Å². The third-order valence-electron chi connectivity index (χ3n) is 2.65. The van der Waals surface area contributed by atoms with Crippen LogP contribution in [-0.2, 0) is 4.74 Å². The molecule has 0 spiro atoms. The molecule has 3 aromatic heterocycles. The molecule has 0 saturated heterocycles. The lowest BCUT2D eigenvalue weighted by Gasteiger charge is -1.95. The minimum atomic E-state index is -0.538. The first-order valence-electron chi connectivity index (χ1n) is 5.79. The van der Waals surface area contributed by atoms with Gasteiger partial charge in [-0.2, -0.15) is 4.68 Å². The Labute approximate surface area is 113 Å². The van der Waals surface area contributed by atoms with Crippen molar-refractivity contribution in [3.63, 3.8) is 0 Å². The van der Waals surface area contributed by atoms with E-state index in [0.29, 0.717) is 11.6 Å². The van der Waals surface area contributed by atoms with Crippen molar-refractivity contribution in [3.05, 3.63) is 48.6 Å². The van der Waals surface area contributed by atoms with E-state index in [9.17, 15) is 4.79 Å². The number of rotatable bonds is 3. The molecule has 0 atom stereocenters. The lowest BCUT2D eigenvalue weighted by Crippen LogP contribution is -1.99. The van der Waals surface area contributed by atoms with Crippen LogP contribution in [0.15, 0.2) is 47.3 Å². The summed E-state index contributed by atoms with van der Waals surface area (Å²) in [6.07, 6.45) is 5.07. The first-order valence-corrected chi connectivity index (χ1v) is 5.79. The Bertz CT molecular complexity index is 733. The highest BCUT2D eigenvalue weighted by atomic mass is 16.5. The van der Waals surface area contributed by atoms with Gasteiger partial charge in [0.15, 0.2) is 0 Å². The standard InChI is InChI=1S/C13H10N4O3/c1-19-13(18)11-4-5-12(20-11)17-8-10(15-16-17)9-3-2-6-14-7-9/h2-8H,1H3. The van der Waals surface area contributed by atoms with Gasteiger partial charge in [-0.1, -0.05) is 5.21 Å². The van der Waals surface area contributed by atoms with Crippen molar-refractivity contribution in [3.8, 4) is 17.1 Å². The van der Waals surface area contributed by atoms with Crippen LogP contribution in [0.25, 0.3) is 17.1 Å². The zero-order valence-electron chi connectivity index (χ0n) is 10.6. The molecule has 7 nitrogen and oxygen atoms in total. The average Bonchev–Trinajstić information content (AvgIpc) is 3.16. The van der Waals surface area contributed by atoms with Crippen LogP contribution in [0.2, 0.25) is 0 Å². The summed E-state index contributed by atoms with van der Waals surface area (Å²) >= 11 is 0. The fraction of sp³-hybridized carbons (Fsp3) is 0.0769. The summed E-state index contributed by atoms with van der Waals surface area (Å²) in [4.78, 5) is 15.3. The van der Waals surface area contributed by atoms with Crippen molar-refractivity contribution in [2.45, 2.75) is 0 Å². The van der Waals surface area contributed by atoms with Gasteiger partial charge in [-0.15, -0.1) is 5.10 Å². The molecule has 0 amide bonds. The Hall–Kier alpha value is -2.96. The van der Waals surface area contributed by atoms with E-state index in [1.165, 1.54) is 17.9 Å². The molecule has 100 valence electrons. The first kappa shape index (κ1) is 12.1. The summed E-state index contributed by atoms with van der Waals surface area (Å²) in [5.74, 6) is -0.0437. The second-order valence-corrected chi connectivity index (χ2v) is 3.92. The molecule has 0 aliphatic rings. The number of hydrogen-bond donors (Lipinski definition) is 0. The number of aromatic nitrogens is 4. The molecule has 20 heavy (non-hydrogen) atoms. The molecule has 0 radical (unpaired) electrons. The predicted molar refractivity (Wildman–Crippen MR) is 68.2 cm³/mol. The van der Waals surface area contributed by atoms with E-state index in [-0.39, 0.29) is 5.76 Å². The molecule has 0 unspecified atom stereocenters. The van der Waals surface area contributed by atoms with Crippen LogP contribution >= 0.6 is 0 Å². The summed E-state index contributed by atoms with van der Waals surface area (Å²) < 4.78 is 11.4. The van der Waals surface area contributed by atoms with Gasteiger partial charge in [-0.05, 0) is 18.2 Å². The van der Waals surface area contributed by atoms with Crippen LogP contribution < -0.4 is 0 Å². The number of methoxy groups -OCH3 is 1. The highest BCUT2D eigenvalue weighted by Crippen LogP contribution is 2.18. The number of nitrogens with zero attached hydrogens (tertiary/aromatic N) is 4. The van der Waals surface area contributed by atoms with E-state index < -0.39 is 5.97 Å². The fourth-order valence-electron chi connectivity index (χ4n) is 1.68. The number of carbonyl (C=O) groups excluding carboxylic acids is 1. The highest BCUT2D eigenvalue weighted by molar-refractivity contribution is 5.86. The van der Waals surface area contributed by atoms with Gasteiger partial charge in [0, 0.05) is 24.0 Å². The Balaban J connectivity index is 1.91. The zero-order valence-corrected chi connectivity index (χ0v) is 10.6. The third-order valence-corrected chi connectivity index (χ3v) is 2.65. The molecule has 3 aromatic rings. The van der Waals surface area contributed by atoms with Gasteiger partial charge < -0.3 is 9.15 Å². The van der Waals surface area contributed by atoms with Gasteiger partial charge in [0.1, 0.15) is 5.69 Å². The molecular weight excluding hydrogens is 260 g/mol. The molecular formula is C13H10N4O3. The summed E-state index contributed by atoms with van der Waals surface area (Å²) in [6, 6.07) is 6.83. The highest BCUT2D eigenvalue weighted by Gasteiger charge is 2.13. The van der Waals surface area contributed by atoms with Gasteiger partial charge >= 0.3 is 5.97 Å². The van der Waals surface area contributed by atoms with Crippen molar-refractivity contribution in [1.29, 1.82) is 0 Å². The van der Waals surface area contributed by atoms with Crippen molar-refractivity contribution >= 4 is 5.97 Å². The maximum Gasteiger partial charge on any atom is 0.374 e. The van der Waals surface area contributed by atoms with Gasteiger partial charge in [0.05, 0.1) is 13.3 Å². The number of pyridine rings is 1. The Morgan fingerprint density at radius 2 is 2.25 bits per heavy atom. The summed E-state index contributed by atoms with van der Waals surface area (Å²) in [6.45, 7) is 0. The zero-order chi connectivity index (χ0) is 13.9. The Morgan fingerprint density at radius 1 is 1.35 bits per heavy atom. The predicted octanol–water partition coefficient (Wildman–Crippen LogP) is 1.71. The minimum Gasteiger partial charge on any atom is -0.463 e. The van der Waals surface area contributed by atoms with E-state index >= 15 is 0 Å². The summed E-state index contributed by atoms with van der Waals surface area (Å²) in [7, 11) is 1.29. The second-order valence-electron chi connectivity index (χ2n) is 3.92. The molecule has 0 aliphatic heterocycles. The molecule has 7 heteroatoms. The molecule has 0 bridgehead atoms. The molecule has 0 fully saturated rings. The number of ether oxygens (including phenoxy) is 1. The van der Waals surface area contributed by atoms with Crippen LogP contribution in [0.3, 0.4) is 0 Å². The smallest absolute Gasteiger partial charge is 0.374 e. The Morgan fingerprint density at radius 3 is 3.00 bits per heavy atom. The Kier molecular flexibility index (Phi) is 3.00. The number of furan rings is 1. The summed E-state index contributed by atoms with van der Waals surface area (Å²) in [5.41, 5.74) is 1.51. The van der Waals surface area contributed by atoms with Crippen LogP contribution in [0, 0.1) is 0 Å². The molecule has 3 heterocycles. The number of hydrogen-bond acceptors (Lipinski definition) is 6. The van der Waals surface area contributed by atoms with Crippen LogP contribution in [0.1, 0.15) is 10.6 Å². The van der Waals surface area contributed by atoms with E-state index in [4.69, 9.17) is 4.42 Å². The molecule has 0 aromatic carbocycles. The van der Waals surface area contributed by atoms with Gasteiger partial charge in [-0.3, -0.25) is 4.98 Å². The molecule has 0 N–H and O–H groups in total. The van der Waals surface area contributed by atoms with Crippen molar-refractivity contribution in [1.82, 2.24) is 20.0 Å². The van der Waals surface area contributed by atoms with Gasteiger partial charge in [-0.25, -0.2) is 4.79 Å². The second kappa shape index (κ2) is 4.96. The van der Waals surface area contributed by atoms with Crippen LogP contribution in [0.4, 0.5) is 0 Å². The number of carbonyl (C=O) groups is 1. The molecule has 0 saturated carbocycles. The lowest BCUT2D eigenvalue weighted by atomic mass is 10.2. The topological polar surface area (TPSA) is 83.0 Å². The van der Waals surface area contributed by atoms with E-state index in [2.05, 4.69) is 20.0 Å². The van der Waals surface area contributed by atoms with E-state index in [1.807, 2.05) is 12.1 Å². The number of esters is 1. The normalized spacial score (nSPS) is 10.4. The third kappa shape index (κ3) is 2.16. The minimum absolute atomic E-state index is 0.112. The van der Waals surface area contributed by atoms with Gasteiger partial charge in [0.25, 0.3) is 0 Å². The van der Waals surface area contributed by atoms with Crippen molar-refractivity contribution in [2.24, 2.45) is 0 Å². The molecule has 0 aliphatic carbocycles. The fourth-order valence-corrected chi connectivity index (χ4v) is 1.68. The van der Waals surface area contributed by atoms with E-state index in [0.717, 1.165) is 5.56 Å². The summed E-state index contributed by atoms with van der Waals surface area (Å²) in [5, 5.41) is 7.99.